The second kappa shape index (κ2) is 10.4. The van der Waals surface area contributed by atoms with E-state index in [-0.39, 0.29) is 0 Å². The van der Waals surface area contributed by atoms with Crippen LogP contribution in [0, 0.1) is 6.07 Å². The van der Waals surface area contributed by atoms with E-state index in [1.807, 2.05) is 30.3 Å². The molecule has 1 aromatic carbocycles. The minimum Gasteiger partial charge on any atom is -0.370 e. The average molecular weight is 406 g/mol. The van der Waals surface area contributed by atoms with Crippen LogP contribution >= 0.6 is 0 Å². The average Bonchev–Trinajstić information content (AvgIpc) is 3.12. The first-order valence-corrected chi connectivity index (χ1v) is 11.4. The van der Waals surface area contributed by atoms with Gasteiger partial charge in [0.25, 0.3) is 0 Å². The number of piperidine rings is 1. The molecule has 0 atom stereocenters. The Kier molecular flexibility index (Phi) is 7.19. The van der Waals surface area contributed by atoms with Gasteiger partial charge in [-0.05, 0) is 75.6 Å². The van der Waals surface area contributed by atoms with Gasteiger partial charge in [-0.25, -0.2) is 9.97 Å². The van der Waals surface area contributed by atoms with E-state index in [1.54, 1.807) is 0 Å². The molecule has 1 aliphatic rings. The number of aromatic nitrogens is 3. The van der Waals surface area contributed by atoms with Crippen molar-refractivity contribution in [2.75, 3.05) is 36.8 Å². The number of benzene rings is 1. The van der Waals surface area contributed by atoms with Crippen molar-refractivity contribution in [3.05, 3.63) is 42.5 Å². The van der Waals surface area contributed by atoms with Crippen molar-refractivity contribution in [1.29, 1.82) is 0 Å². The lowest BCUT2D eigenvalue weighted by atomic mass is 10.1. The lowest BCUT2D eigenvalue weighted by Crippen LogP contribution is -2.31. The Morgan fingerprint density at radius 2 is 1.80 bits per heavy atom. The van der Waals surface area contributed by atoms with E-state index in [1.165, 1.54) is 38.8 Å². The van der Waals surface area contributed by atoms with Gasteiger partial charge in [0.05, 0.1) is 0 Å². The number of anilines is 3. The molecule has 0 bridgehead atoms. The summed E-state index contributed by atoms with van der Waals surface area (Å²) in [4.78, 5) is 12.3. The first-order chi connectivity index (χ1) is 14.8. The molecule has 30 heavy (non-hydrogen) atoms. The normalized spacial score (nSPS) is 14.8. The molecule has 0 spiro atoms. The molecular weight excluding hydrogens is 372 g/mol. The summed E-state index contributed by atoms with van der Waals surface area (Å²) in [6.45, 7) is 7.66. The van der Waals surface area contributed by atoms with E-state index in [2.05, 4.69) is 39.2 Å². The number of hydrogen-bond donors (Lipinski definition) is 2. The zero-order valence-electron chi connectivity index (χ0n) is 18.0. The minimum atomic E-state index is 0.855. The van der Waals surface area contributed by atoms with Crippen LogP contribution in [0.15, 0.2) is 36.4 Å². The van der Waals surface area contributed by atoms with E-state index in [9.17, 15) is 0 Å². The van der Waals surface area contributed by atoms with Crippen LogP contribution < -0.4 is 10.6 Å². The van der Waals surface area contributed by atoms with E-state index in [0.29, 0.717) is 0 Å². The smallest absolute Gasteiger partial charge is 0.209 e. The van der Waals surface area contributed by atoms with Gasteiger partial charge in [-0.2, -0.15) is 0 Å². The number of pyridine rings is 1. The Hall–Kier alpha value is -2.60. The predicted molar refractivity (Wildman–Crippen MR) is 124 cm³/mol. The number of aryl methyl sites for hydroxylation is 1. The van der Waals surface area contributed by atoms with E-state index < -0.39 is 0 Å². The Balaban J connectivity index is 1.54. The summed E-state index contributed by atoms with van der Waals surface area (Å²) in [5.41, 5.74) is 2.89. The third kappa shape index (κ3) is 5.30. The number of hydrogen-bond acceptors (Lipinski definition) is 5. The first-order valence-electron chi connectivity index (χ1n) is 11.4. The number of nitrogens with zero attached hydrogens (tertiary/aromatic N) is 4. The maximum atomic E-state index is 4.90. The fourth-order valence-corrected chi connectivity index (χ4v) is 4.04. The molecule has 1 saturated heterocycles. The monoisotopic (exact) mass is 405 g/mol. The number of rotatable bonds is 10. The highest BCUT2D eigenvalue weighted by Crippen LogP contribution is 2.24. The Morgan fingerprint density at radius 3 is 2.60 bits per heavy atom. The molecule has 0 unspecified atom stereocenters. The lowest BCUT2D eigenvalue weighted by Gasteiger charge is -2.26. The highest BCUT2D eigenvalue weighted by molar-refractivity contribution is 5.77. The zero-order valence-corrected chi connectivity index (χ0v) is 18.0. The maximum absolute atomic E-state index is 4.90. The topological polar surface area (TPSA) is 58.0 Å². The van der Waals surface area contributed by atoms with E-state index in [0.717, 1.165) is 61.1 Å². The van der Waals surface area contributed by atoms with E-state index >= 15 is 0 Å². The lowest BCUT2D eigenvalue weighted by molar-refractivity contribution is 0.223. The molecule has 6 heteroatoms. The summed E-state index contributed by atoms with van der Waals surface area (Å²) >= 11 is 0. The standard InChI is InChI=1S/C24H33N6/c1-2-3-15-25-22-14-13-21-23(28-22)30(19-10-18-29-16-8-5-9-17-29)24(27-21)26-20-11-6-4-7-12-20/h6-7,11-14H,2-3,5,8-10,15-19H2,1H3,(H,25,28)(H,26,27). The molecule has 1 fully saturated rings. The van der Waals surface area contributed by atoms with Crippen LogP contribution in [-0.4, -0.2) is 45.6 Å². The quantitative estimate of drug-likeness (QED) is 0.462. The largest absolute Gasteiger partial charge is 0.370 e. The van der Waals surface area contributed by atoms with E-state index in [4.69, 9.17) is 9.97 Å². The van der Waals surface area contributed by atoms with Gasteiger partial charge < -0.3 is 15.5 Å². The molecule has 3 aromatic rings. The van der Waals surface area contributed by atoms with Crippen LogP contribution in [0.5, 0.6) is 0 Å². The van der Waals surface area contributed by atoms with Gasteiger partial charge >= 0.3 is 0 Å². The zero-order chi connectivity index (χ0) is 20.6. The summed E-state index contributed by atoms with van der Waals surface area (Å²) in [5, 5.41) is 6.93. The number of unbranched alkanes of at least 4 members (excludes halogenated alkanes) is 1. The summed E-state index contributed by atoms with van der Waals surface area (Å²) in [6.07, 6.45) is 7.46. The van der Waals surface area contributed by atoms with Crippen molar-refractivity contribution < 1.29 is 0 Å². The van der Waals surface area contributed by atoms with Crippen molar-refractivity contribution in [2.24, 2.45) is 0 Å². The molecule has 2 aromatic heterocycles. The number of likely N-dealkylation sites (tertiary alicyclic amines) is 1. The molecular formula is C24H33N6. The predicted octanol–water partition coefficient (Wildman–Crippen LogP) is 5.06. The van der Waals surface area contributed by atoms with Gasteiger partial charge in [-0.3, -0.25) is 4.57 Å². The molecule has 3 heterocycles. The molecule has 4 rings (SSSR count). The van der Waals surface area contributed by atoms with Crippen LogP contribution in [0.1, 0.15) is 45.4 Å². The number of imidazole rings is 1. The number of nitrogens with one attached hydrogen (secondary N) is 2. The second-order valence-electron chi connectivity index (χ2n) is 8.08. The van der Waals surface area contributed by atoms with Crippen LogP contribution in [-0.2, 0) is 6.54 Å². The minimum absolute atomic E-state index is 0.855. The van der Waals surface area contributed by atoms with Crippen LogP contribution in [0.2, 0.25) is 0 Å². The van der Waals surface area contributed by atoms with Crippen molar-refractivity contribution in [1.82, 2.24) is 19.4 Å². The summed E-state index contributed by atoms with van der Waals surface area (Å²) in [7, 11) is 0. The Labute approximate surface area is 179 Å². The summed E-state index contributed by atoms with van der Waals surface area (Å²) < 4.78 is 2.24. The van der Waals surface area contributed by atoms with Crippen molar-refractivity contribution >= 4 is 28.6 Å². The maximum Gasteiger partial charge on any atom is 0.209 e. The second-order valence-corrected chi connectivity index (χ2v) is 8.08. The van der Waals surface area contributed by atoms with Gasteiger partial charge in [0.15, 0.2) is 5.65 Å². The molecule has 0 amide bonds. The Bertz CT molecular complexity index is 914. The van der Waals surface area contributed by atoms with Crippen molar-refractivity contribution in [2.45, 2.75) is 52.0 Å². The highest BCUT2D eigenvalue weighted by Gasteiger charge is 2.15. The van der Waals surface area contributed by atoms with Gasteiger partial charge in [-0.1, -0.05) is 31.9 Å². The van der Waals surface area contributed by atoms with Gasteiger partial charge in [0, 0.05) is 18.8 Å². The fraction of sp³-hybridized carbons (Fsp3) is 0.500. The first kappa shape index (κ1) is 20.7. The molecule has 0 saturated carbocycles. The van der Waals surface area contributed by atoms with Crippen molar-refractivity contribution in [3.8, 4) is 0 Å². The van der Waals surface area contributed by atoms with Gasteiger partial charge in [0.1, 0.15) is 11.3 Å². The fourth-order valence-electron chi connectivity index (χ4n) is 4.04. The van der Waals surface area contributed by atoms with Crippen LogP contribution in [0.3, 0.4) is 0 Å². The van der Waals surface area contributed by atoms with Crippen LogP contribution in [0.25, 0.3) is 11.2 Å². The van der Waals surface area contributed by atoms with Gasteiger partial charge in [-0.15, -0.1) is 0 Å². The summed E-state index contributed by atoms with van der Waals surface area (Å²) in [6, 6.07) is 15.0. The third-order valence-corrected chi connectivity index (χ3v) is 5.71. The molecule has 0 aliphatic carbocycles. The molecule has 1 aliphatic heterocycles. The molecule has 6 nitrogen and oxygen atoms in total. The molecule has 1 radical (unpaired) electrons. The Morgan fingerprint density at radius 1 is 0.967 bits per heavy atom. The van der Waals surface area contributed by atoms with Crippen molar-refractivity contribution in [3.63, 3.8) is 0 Å². The third-order valence-electron chi connectivity index (χ3n) is 5.71. The molecule has 2 N–H and O–H groups in total. The highest BCUT2D eigenvalue weighted by atomic mass is 15.2. The van der Waals surface area contributed by atoms with Crippen LogP contribution in [0.4, 0.5) is 17.5 Å². The number of fused-ring (bicyclic) bond motifs is 1. The SMILES string of the molecule is CCCCNc1ccc2nc(Nc3cc[c]cc3)n(CCCN3CCCCC3)c2n1. The van der Waals surface area contributed by atoms with Gasteiger partial charge in [0.2, 0.25) is 5.95 Å². The molecule has 159 valence electrons. The summed E-state index contributed by atoms with van der Waals surface area (Å²) in [5.74, 6) is 1.78.